The molecule has 0 aliphatic rings. The van der Waals surface area contributed by atoms with Gasteiger partial charge in [-0.05, 0) is 76.2 Å². The lowest BCUT2D eigenvalue weighted by Crippen LogP contribution is -2.30. The number of anilines is 2. The van der Waals surface area contributed by atoms with Crippen LogP contribution >= 0.6 is 0 Å². The summed E-state index contributed by atoms with van der Waals surface area (Å²) >= 11 is 0. The molecule has 28 heavy (non-hydrogen) atoms. The smallest absolute Gasteiger partial charge is 0.255 e. The van der Waals surface area contributed by atoms with Crippen molar-refractivity contribution >= 4 is 33.2 Å². The van der Waals surface area contributed by atoms with E-state index in [1.54, 1.807) is 38.1 Å². The van der Waals surface area contributed by atoms with Crippen LogP contribution in [0, 0.1) is 0 Å². The normalized spacial score (nSPS) is 11.4. The zero-order valence-electron chi connectivity index (χ0n) is 16.3. The third-order valence-corrected chi connectivity index (χ3v) is 5.61. The fourth-order valence-electron chi connectivity index (χ4n) is 2.23. The summed E-state index contributed by atoms with van der Waals surface area (Å²) in [6.07, 6.45) is 0. The first-order chi connectivity index (χ1) is 13.1. The van der Waals surface area contributed by atoms with Gasteiger partial charge in [0.1, 0.15) is 0 Å². The van der Waals surface area contributed by atoms with Crippen molar-refractivity contribution in [3.63, 3.8) is 0 Å². The van der Waals surface area contributed by atoms with E-state index < -0.39 is 15.3 Å². The van der Waals surface area contributed by atoms with Crippen molar-refractivity contribution in [1.29, 1.82) is 0 Å². The molecule has 8 heteroatoms. The van der Waals surface area contributed by atoms with E-state index in [0.717, 1.165) is 0 Å². The van der Waals surface area contributed by atoms with Gasteiger partial charge in [-0.15, -0.1) is 0 Å². The van der Waals surface area contributed by atoms with Crippen molar-refractivity contribution in [1.82, 2.24) is 5.32 Å². The Morgan fingerprint density at radius 2 is 1.21 bits per heavy atom. The molecule has 0 bridgehead atoms. The molecular weight excluding hydrogens is 378 g/mol. The molecule has 0 saturated heterocycles. The predicted octanol–water partition coefficient (Wildman–Crippen LogP) is 3.23. The maximum Gasteiger partial charge on any atom is 0.255 e. The fraction of sp³-hybridized carbons (Fsp3) is 0.300. The van der Waals surface area contributed by atoms with Gasteiger partial charge in [-0.2, -0.15) is 0 Å². The molecular formula is C20H25N3O4S. The highest BCUT2D eigenvalue weighted by molar-refractivity contribution is 7.93. The molecule has 2 amide bonds. The van der Waals surface area contributed by atoms with E-state index in [1.165, 1.54) is 24.3 Å². The van der Waals surface area contributed by atoms with Crippen LogP contribution in [-0.4, -0.2) is 31.5 Å². The molecule has 2 rings (SSSR count). The molecule has 7 nitrogen and oxygen atoms in total. The van der Waals surface area contributed by atoms with Crippen LogP contribution in [-0.2, 0) is 10.0 Å². The van der Waals surface area contributed by atoms with E-state index in [4.69, 9.17) is 0 Å². The van der Waals surface area contributed by atoms with Gasteiger partial charge in [-0.3, -0.25) is 14.3 Å². The SMILES string of the molecule is CC(C)NC(=O)c1ccc(NC(=O)c2ccc(NS(=O)(=O)C(C)C)cc2)cc1. The average molecular weight is 404 g/mol. The van der Waals surface area contributed by atoms with Gasteiger partial charge < -0.3 is 10.6 Å². The van der Waals surface area contributed by atoms with E-state index in [1.807, 2.05) is 13.8 Å². The highest BCUT2D eigenvalue weighted by Gasteiger charge is 2.16. The highest BCUT2D eigenvalue weighted by Crippen LogP contribution is 2.16. The first-order valence-electron chi connectivity index (χ1n) is 8.92. The fourth-order valence-corrected chi connectivity index (χ4v) is 2.93. The number of rotatable bonds is 7. The summed E-state index contributed by atoms with van der Waals surface area (Å²) in [5.41, 5.74) is 1.84. The van der Waals surface area contributed by atoms with E-state index in [-0.39, 0.29) is 17.9 Å². The summed E-state index contributed by atoms with van der Waals surface area (Å²) in [5, 5.41) is 4.99. The van der Waals surface area contributed by atoms with Crippen molar-refractivity contribution in [2.75, 3.05) is 10.0 Å². The molecule has 0 saturated carbocycles. The monoisotopic (exact) mass is 403 g/mol. The average Bonchev–Trinajstić information content (AvgIpc) is 2.61. The van der Waals surface area contributed by atoms with Crippen LogP contribution in [0.3, 0.4) is 0 Å². The van der Waals surface area contributed by atoms with Crippen LogP contribution in [0.15, 0.2) is 48.5 Å². The lowest BCUT2D eigenvalue weighted by molar-refractivity contribution is 0.0942. The van der Waals surface area contributed by atoms with E-state index in [9.17, 15) is 18.0 Å². The molecule has 0 heterocycles. The second-order valence-corrected chi connectivity index (χ2v) is 9.17. The van der Waals surface area contributed by atoms with Gasteiger partial charge in [0, 0.05) is 28.5 Å². The van der Waals surface area contributed by atoms with Gasteiger partial charge >= 0.3 is 0 Å². The zero-order valence-corrected chi connectivity index (χ0v) is 17.1. The number of hydrogen-bond donors (Lipinski definition) is 3. The first kappa shape index (κ1) is 21.4. The summed E-state index contributed by atoms with van der Waals surface area (Å²) in [4.78, 5) is 24.3. The van der Waals surface area contributed by atoms with Crippen LogP contribution in [0.25, 0.3) is 0 Å². The van der Waals surface area contributed by atoms with Crippen LogP contribution < -0.4 is 15.4 Å². The van der Waals surface area contributed by atoms with Gasteiger partial charge in [0.15, 0.2) is 0 Å². The number of sulfonamides is 1. The Labute approximate surface area is 165 Å². The summed E-state index contributed by atoms with van der Waals surface area (Å²) < 4.78 is 26.2. The summed E-state index contributed by atoms with van der Waals surface area (Å²) in [5.74, 6) is -0.509. The lowest BCUT2D eigenvalue weighted by Gasteiger charge is -2.11. The molecule has 2 aromatic rings. The largest absolute Gasteiger partial charge is 0.350 e. The molecule has 150 valence electrons. The minimum absolute atomic E-state index is 0.0415. The van der Waals surface area contributed by atoms with Crippen molar-refractivity contribution < 1.29 is 18.0 Å². The molecule has 0 aliphatic carbocycles. The highest BCUT2D eigenvalue weighted by atomic mass is 32.2. The molecule has 0 radical (unpaired) electrons. The quantitative estimate of drug-likeness (QED) is 0.660. The van der Waals surface area contributed by atoms with Gasteiger partial charge in [0.2, 0.25) is 10.0 Å². The van der Waals surface area contributed by atoms with Crippen LogP contribution in [0.5, 0.6) is 0 Å². The lowest BCUT2D eigenvalue weighted by atomic mass is 10.1. The minimum atomic E-state index is -3.43. The molecule has 2 aromatic carbocycles. The van der Waals surface area contributed by atoms with E-state index in [0.29, 0.717) is 22.5 Å². The van der Waals surface area contributed by atoms with Crippen molar-refractivity contribution in [3.8, 4) is 0 Å². The third kappa shape index (κ3) is 5.82. The van der Waals surface area contributed by atoms with Crippen molar-refractivity contribution in [3.05, 3.63) is 59.7 Å². The minimum Gasteiger partial charge on any atom is -0.350 e. The summed E-state index contributed by atoms with van der Waals surface area (Å²) in [6.45, 7) is 6.93. The number of benzene rings is 2. The van der Waals surface area contributed by atoms with Crippen LogP contribution in [0.2, 0.25) is 0 Å². The third-order valence-electron chi connectivity index (χ3n) is 3.85. The molecule has 0 aromatic heterocycles. The predicted molar refractivity (Wildman–Crippen MR) is 111 cm³/mol. The molecule has 0 spiro atoms. The Kier molecular flexibility index (Phi) is 6.80. The molecule has 0 fully saturated rings. The molecule has 0 aliphatic heterocycles. The molecule has 0 atom stereocenters. The Hall–Kier alpha value is -2.87. The van der Waals surface area contributed by atoms with Crippen LogP contribution in [0.1, 0.15) is 48.4 Å². The number of carbonyl (C=O) groups is 2. The van der Waals surface area contributed by atoms with Crippen molar-refractivity contribution in [2.45, 2.75) is 39.0 Å². The Morgan fingerprint density at radius 3 is 1.68 bits per heavy atom. The number of carbonyl (C=O) groups excluding carboxylic acids is 2. The van der Waals surface area contributed by atoms with Crippen LogP contribution in [0.4, 0.5) is 11.4 Å². The second-order valence-electron chi connectivity index (χ2n) is 6.93. The second kappa shape index (κ2) is 8.88. The molecule has 3 N–H and O–H groups in total. The van der Waals surface area contributed by atoms with Gasteiger partial charge in [-0.1, -0.05) is 0 Å². The maximum atomic E-state index is 12.4. The topological polar surface area (TPSA) is 104 Å². The van der Waals surface area contributed by atoms with Gasteiger partial charge in [-0.25, -0.2) is 8.42 Å². The van der Waals surface area contributed by atoms with Gasteiger partial charge in [0.05, 0.1) is 5.25 Å². The number of nitrogens with one attached hydrogen (secondary N) is 3. The van der Waals surface area contributed by atoms with Crippen molar-refractivity contribution in [2.24, 2.45) is 0 Å². The van der Waals surface area contributed by atoms with E-state index >= 15 is 0 Å². The standard InChI is InChI=1S/C20H25N3O4S/c1-13(2)21-19(24)15-5-9-17(10-6-15)22-20(25)16-7-11-18(12-8-16)23-28(26,27)14(3)4/h5-14,23H,1-4H3,(H,21,24)(H,22,25). The number of hydrogen-bond acceptors (Lipinski definition) is 4. The van der Waals surface area contributed by atoms with E-state index in [2.05, 4.69) is 15.4 Å². The molecule has 0 unspecified atom stereocenters. The summed E-state index contributed by atoms with van der Waals surface area (Å²) in [6, 6.07) is 12.8. The Morgan fingerprint density at radius 1 is 0.750 bits per heavy atom. The Balaban J connectivity index is 2.02. The summed E-state index contributed by atoms with van der Waals surface area (Å²) in [7, 11) is -3.43. The van der Waals surface area contributed by atoms with Gasteiger partial charge in [0.25, 0.3) is 11.8 Å². The Bertz CT molecular complexity index is 934. The zero-order chi connectivity index (χ0) is 20.9. The number of amides is 2. The maximum absolute atomic E-state index is 12.4. The first-order valence-corrected chi connectivity index (χ1v) is 10.5.